The number of aryl methyl sites for hydroxylation is 1. The van der Waals surface area contributed by atoms with Crippen LogP contribution in [0.4, 0.5) is 5.69 Å². The molecule has 17 heavy (non-hydrogen) atoms. The Morgan fingerprint density at radius 1 is 1.24 bits per heavy atom. The summed E-state index contributed by atoms with van der Waals surface area (Å²) in [5.41, 5.74) is 3.13. The molecular formula is C14H18N2O. The lowest BCUT2D eigenvalue weighted by molar-refractivity contribution is 0.521. The highest BCUT2D eigenvalue weighted by Gasteiger charge is 2.02. The fourth-order valence-corrected chi connectivity index (χ4v) is 1.66. The normalized spacial score (nSPS) is 10.5. The van der Waals surface area contributed by atoms with Crippen molar-refractivity contribution in [3.63, 3.8) is 0 Å². The lowest BCUT2D eigenvalue weighted by Gasteiger charge is -2.05. The van der Waals surface area contributed by atoms with Gasteiger partial charge >= 0.3 is 0 Å². The second kappa shape index (κ2) is 5.53. The first-order chi connectivity index (χ1) is 8.29. The van der Waals surface area contributed by atoms with Gasteiger partial charge in [-0.25, -0.2) is 4.98 Å². The van der Waals surface area contributed by atoms with E-state index in [1.807, 2.05) is 6.92 Å². The van der Waals surface area contributed by atoms with E-state index in [2.05, 4.69) is 41.5 Å². The lowest BCUT2D eigenvalue weighted by Crippen LogP contribution is -2.00. The average Bonchev–Trinajstić information content (AvgIpc) is 2.77. The van der Waals surface area contributed by atoms with E-state index in [0.29, 0.717) is 5.89 Å². The van der Waals surface area contributed by atoms with Crippen LogP contribution in [0.2, 0.25) is 0 Å². The number of rotatable bonds is 5. The number of anilines is 1. The fraction of sp³-hybridized carbons (Fsp3) is 0.357. The summed E-state index contributed by atoms with van der Waals surface area (Å²) in [6.07, 6.45) is 4.10. The minimum absolute atomic E-state index is 0.699. The van der Waals surface area contributed by atoms with Gasteiger partial charge in [0.05, 0.1) is 0 Å². The summed E-state index contributed by atoms with van der Waals surface area (Å²) in [4.78, 5) is 4.30. The number of nitrogens with zero attached hydrogens (tertiary/aromatic N) is 1. The first kappa shape index (κ1) is 11.7. The Bertz CT molecular complexity index is 459. The summed E-state index contributed by atoms with van der Waals surface area (Å²) in [6.45, 7) is 5.07. The van der Waals surface area contributed by atoms with Crippen molar-refractivity contribution in [2.45, 2.75) is 26.7 Å². The van der Waals surface area contributed by atoms with Crippen molar-refractivity contribution in [1.82, 2.24) is 4.98 Å². The van der Waals surface area contributed by atoms with E-state index in [1.54, 1.807) is 6.26 Å². The van der Waals surface area contributed by atoms with Crippen molar-refractivity contribution in [2.24, 2.45) is 0 Å². The topological polar surface area (TPSA) is 38.1 Å². The smallest absolute Gasteiger partial charge is 0.191 e. The van der Waals surface area contributed by atoms with Crippen molar-refractivity contribution in [3.05, 3.63) is 36.4 Å². The highest BCUT2D eigenvalue weighted by Crippen LogP contribution is 2.20. The van der Waals surface area contributed by atoms with Gasteiger partial charge in [-0.05, 0) is 18.6 Å². The predicted molar refractivity (Wildman–Crippen MR) is 70.1 cm³/mol. The molecule has 0 bridgehead atoms. The number of nitrogens with one attached hydrogen (secondary N) is 1. The average molecular weight is 230 g/mol. The van der Waals surface area contributed by atoms with Gasteiger partial charge in [-0.1, -0.05) is 25.5 Å². The standard InChI is InChI=1S/C14H18N2O/c1-3-4-9-15-13-7-5-12(6-8-13)14-10-17-11(2)16-14/h5-8,10,15H,3-4,9H2,1-2H3. The molecule has 90 valence electrons. The van der Waals surface area contributed by atoms with E-state index in [0.717, 1.165) is 23.5 Å². The summed E-state index contributed by atoms with van der Waals surface area (Å²) in [7, 11) is 0. The monoisotopic (exact) mass is 230 g/mol. The number of hydrogen-bond donors (Lipinski definition) is 1. The highest BCUT2D eigenvalue weighted by molar-refractivity contribution is 5.61. The van der Waals surface area contributed by atoms with E-state index < -0.39 is 0 Å². The quantitative estimate of drug-likeness (QED) is 0.792. The second-order valence-corrected chi connectivity index (χ2v) is 4.11. The summed E-state index contributed by atoms with van der Waals surface area (Å²) >= 11 is 0. The van der Waals surface area contributed by atoms with Crippen molar-refractivity contribution >= 4 is 5.69 Å². The molecule has 3 heteroatoms. The molecule has 0 atom stereocenters. The van der Waals surface area contributed by atoms with Crippen LogP contribution < -0.4 is 5.32 Å². The van der Waals surface area contributed by atoms with Gasteiger partial charge in [0.2, 0.25) is 0 Å². The molecule has 2 rings (SSSR count). The maximum Gasteiger partial charge on any atom is 0.191 e. The first-order valence-corrected chi connectivity index (χ1v) is 6.06. The number of unbranched alkanes of at least 4 members (excludes halogenated alkanes) is 1. The van der Waals surface area contributed by atoms with Crippen molar-refractivity contribution in [3.8, 4) is 11.3 Å². The van der Waals surface area contributed by atoms with Crippen molar-refractivity contribution < 1.29 is 4.42 Å². The molecule has 0 spiro atoms. The van der Waals surface area contributed by atoms with Crippen LogP contribution in [0.15, 0.2) is 34.9 Å². The molecule has 1 aromatic heterocycles. The molecular weight excluding hydrogens is 212 g/mol. The summed E-state index contributed by atoms with van der Waals surface area (Å²) in [5, 5.41) is 3.39. The molecule has 0 radical (unpaired) electrons. The third-order valence-electron chi connectivity index (χ3n) is 2.66. The zero-order valence-electron chi connectivity index (χ0n) is 10.4. The minimum Gasteiger partial charge on any atom is -0.449 e. The van der Waals surface area contributed by atoms with E-state index in [-0.39, 0.29) is 0 Å². The molecule has 2 aromatic rings. The molecule has 0 fully saturated rings. The summed E-state index contributed by atoms with van der Waals surface area (Å²) < 4.78 is 5.20. The van der Waals surface area contributed by atoms with E-state index in [9.17, 15) is 0 Å². The van der Waals surface area contributed by atoms with Gasteiger partial charge in [0.15, 0.2) is 5.89 Å². The van der Waals surface area contributed by atoms with Crippen LogP contribution in [0.1, 0.15) is 25.7 Å². The number of oxazole rings is 1. The summed E-state index contributed by atoms with van der Waals surface area (Å²) in [5.74, 6) is 0.699. The van der Waals surface area contributed by atoms with Crippen LogP contribution in [0.5, 0.6) is 0 Å². The van der Waals surface area contributed by atoms with Crippen LogP contribution >= 0.6 is 0 Å². The molecule has 1 heterocycles. The largest absolute Gasteiger partial charge is 0.449 e. The van der Waals surface area contributed by atoms with E-state index in [1.165, 1.54) is 12.8 Å². The lowest BCUT2D eigenvalue weighted by atomic mass is 10.1. The maximum atomic E-state index is 5.20. The van der Waals surface area contributed by atoms with Crippen molar-refractivity contribution in [2.75, 3.05) is 11.9 Å². The molecule has 0 aliphatic carbocycles. The van der Waals surface area contributed by atoms with Crippen molar-refractivity contribution in [1.29, 1.82) is 0 Å². The molecule has 1 N–H and O–H groups in total. The Balaban J connectivity index is 2.02. The van der Waals surface area contributed by atoms with Gasteiger partial charge in [0, 0.05) is 24.7 Å². The van der Waals surface area contributed by atoms with Crippen LogP contribution in [0, 0.1) is 6.92 Å². The van der Waals surface area contributed by atoms with Gasteiger partial charge in [-0.2, -0.15) is 0 Å². The number of aromatic nitrogens is 1. The SMILES string of the molecule is CCCCNc1ccc(-c2coc(C)n2)cc1. The van der Waals surface area contributed by atoms with E-state index in [4.69, 9.17) is 4.42 Å². The van der Waals surface area contributed by atoms with Gasteiger partial charge in [0.25, 0.3) is 0 Å². The fourth-order valence-electron chi connectivity index (χ4n) is 1.66. The summed E-state index contributed by atoms with van der Waals surface area (Å²) in [6, 6.07) is 8.28. The maximum absolute atomic E-state index is 5.20. The Labute approximate surface area is 102 Å². The Morgan fingerprint density at radius 2 is 2.00 bits per heavy atom. The molecule has 0 amide bonds. The van der Waals surface area contributed by atoms with E-state index >= 15 is 0 Å². The molecule has 1 aromatic carbocycles. The Hall–Kier alpha value is -1.77. The zero-order valence-corrected chi connectivity index (χ0v) is 10.4. The van der Waals surface area contributed by atoms with Gasteiger partial charge in [0.1, 0.15) is 12.0 Å². The molecule has 0 aliphatic heterocycles. The molecule has 3 nitrogen and oxygen atoms in total. The van der Waals surface area contributed by atoms with Gasteiger partial charge in [-0.3, -0.25) is 0 Å². The number of benzene rings is 1. The number of hydrogen-bond acceptors (Lipinski definition) is 3. The van der Waals surface area contributed by atoms with Crippen LogP contribution in [-0.4, -0.2) is 11.5 Å². The minimum atomic E-state index is 0.699. The third-order valence-corrected chi connectivity index (χ3v) is 2.66. The van der Waals surface area contributed by atoms with Gasteiger partial charge in [-0.15, -0.1) is 0 Å². The Kier molecular flexibility index (Phi) is 3.81. The highest BCUT2D eigenvalue weighted by atomic mass is 16.3. The molecule has 0 aliphatic rings. The molecule has 0 saturated carbocycles. The van der Waals surface area contributed by atoms with Crippen LogP contribution in [0.3, 0.4) is 0 Å². The Morgan fingerprint density at radius 3 is 2.59 bits per heavy atom. The third kappa shape index (κ3) is 3.09. The van der Waals surface area contributed by atoms with Crippen LogP contribution in [0.25, 0.3) is 11.3 Å². The predicted octanol–water partition coefficient (Wildman–Crippen LogP) is 3.86. The second-order valence-electron chi connectivity index (χ2n) is 4.11. The van der Waals surface area contributed by atoms with Crippen LogP contribution in [-0.2, 0) is 0 Å². The molecule has 0 unspecified atom stereocenters. The molecule has 0 saturated heterocycles. The first-order valence-electron chi connectivity index (χ1n) is 6.06. The zero-order chi connectivity index (χ0) is 12.1. The van der Waals surface area contributed by atoms with Gasteiger partial charge < -0.3 is 9.73 Å².